The number of thiazole rings is 1. The van der Waals surface area contributed by atoms with E-state index in [1.54, 1.807) is 23.7 Å². The van der Waals surface area contributed by atoms with Gasteiger partial charge < -0.3 is 10.1 Å². The highest BCUT2D eigenvalue weighted by Crippen LogP contribution is 2.14. The van der Waals surface area contributed by atoms with Crippen LogP contribution in [0.5, 0.6) is 5.75 Å². The molecule has 0 bridgehead atoms. The quantitative estimate of drug-likeness (QED) is 0.714. The fourth-order valence-corrected chi connectivity index (χ4v) is 3.29. The van der Waals surface area contributed by atoms with Gasteiger partial charge in [-0.2, -0.15) is 0 Å². The van der Waals surface area contributed by atoms with Crippen molar-refractivity contribution in [2.24, 2.45) is 0 Å². The molecule has 118 valence electrons. The number of ether oxygens (including phenoxy) is 1. The molecule has 0 saturated heterocycles. The van der Waals surface area contributed by atoms with Crippen LogP contribution >= 0.6 is 22.7 Å². The van der Waals surface area contributed by atoms with Crippen molar-refractivity contribution in [1.29, 1.82) is 0 Å². The molecule has 5 nitrogen and oxygen atoms in total. The molecule has 0 atom stereocenters. The zero-order valence-corrected chi connectivity index (χ0v) is 13.9. The summed E-state index contributed by atoms with van der Waals surface area (Å²) in [6.07, 6.45) is 4.09. The maximum Gasteiger partial charge on any atom is 0.261 e. The van der Waals surface area contributed by atoms with Gasteiger partial charge in [0.25, 0.3) is 5.91 Å². The van der Waals surface area contributed by atoms with E-state index in [1.807, 2.05) is 35.0 Å². The van der Waals surface area contributed by atoms with Gasteiger partial charge in [0, 0.05) is 24.5 Å². The molecular formula is C16H15N3O2S2. The van der Waals surface area contributed by atoms with Gasteiger partial charge in [0.1, 0.15) is 17.4 Å². The third kappa shape index (κ3) is 4.61. The van der Waals surface area contributed by atoms with Gasteiger partial charge in [0.15, 0.2) is 0 Å². The molecule has 0 fully saturated rings. The number of pyridine rings is 1. The molecule has 0 saturated carbocycles. The van der Waals surface area contributed by atoms with Gasteiger partial charge in [0.05, 0.1) is 16.8 Å². The third-order valence-corrected chi connectivity index (χ3v) is 4.75. The molecule has 0 spiro atoms. The van der Waals surface area contributed by atoms with Crippen LogP contribution in [-0.4, -0.2) is 22.4 Å². The summed E-state index contributed by atoms with van der Waals surface area (Å²) in [5.74, 6) is 0.697. The number of rotatable bonds is 7. The first kappa shape index (κ1) is 15.6. The predicted molar refractivity (Wildman–Crippen MR) is 91.0 cm³/mol. The second kappa shape index (κ2) is 7.85. The van der Waals surface area contributed by atoms with E-state index in [9.17, 15) is 4.79 Å². The van der Waals surface area contributed by atoms with E-state index in [0.717, 1.165) is 21.3 Å². The number of amides is 1. The summed E-state index contributed by atoms with van der Waals surface area (Å²) < 4.78 is 5.61. The number of carbonyl (C=O) groups is 1. The minimum atomic E-state index is -0.0321. The van der Waals surface area contributed by atoms with E-state index in [1.165, 1.54) is 11.3 Å². The van der Waals surface area contributed by atoms with Crippen LogP contribution in [0.2, 0.25) is 0 Å². The monoisotopic (exact) mass is 345 g/mol. The number of hydrogen-bond donors (Lipinski definition) is 1. The van der Waals surface area contributed by atoms with Crippen LogP contribution in [0.3, 0.4) is 0 Å². The second-order valence-electron chi connectivity index (χ2n) is 4.69. The summed E-state index contributed by atoms with van der Waals surface area (Å²) in [6, 6.07) is 7.38. The minimum Gasteiger partial charge on any atom is -0.485 e. The number of hydrogen-bond acceptors (Lipinski definition) is 6. The summed E-state index contributed by atoms with van der Waals surface area (Å²) in [5.41, 5.74) is 0.964. The summed E-state index contributed by atoms with van der Waals surface area (Å²) in [4.78, 5) is 21.1. The molecule has 3 aromatic heterocycles. The van der Waals surface area contributed by atoms with Gasteiger partial charge in [-0.05, 0) is 23.6 Å². The highest BCUT2D eigenvalue weighted by Gasteiger charge is 2.07. The van der Waals surface area contributed by atoms with Crippen molar-refractivity contribution >= 4 is 28.6 Å². The van der Waals surface area contributed by atoms with Crippen molar-refractivity contribution in [2.45, 2.75) is 13.0 Å². The molecule has 0 aromatic carbocycles. The van der Waals surface area contributed by atoms with Crippen molar-refractivity contribution in [3.8, 4) is 5.75 Å². The molecule has 0 unspecified atom stereocenters. The maximum absolute atomic E-state index is 11.8. The number of carbonyl (C=O) groups excluding carboxylic acids is 1. The molecular weight excluding hydrogens is 330 g/mol. The Kier molecular flexibility index (Phi) is 5.33. The van der Waals surface area contributed by atoms with E-state index in [4.69, 9.17) is 4.74 Å². The highest BCUT2D eigenvalue weighted by molar-refractivity contribution is 7.12. The van der Waals surface area contributed by atoms with Gasteiger partial charge >= 0.3 is 0 Å². The number of thiophene rings is 1. The third-order valence-electron chi connectivity index (χ3n) is 3.01. The molecule has 1 amide bonds. The molecule has 0 aliphatic rings. The molecule has 3 rings (SSSR count). The average Bonchev–Trinajstić information content (AvgIpc) is 3.26. The number of aromatic nitrogens is 2. The normalized spacial score (nSPS) is 10.4. The van der Waals surface area contributed by atoms with Gasteiger partial charge in [-0.1, -0.05) is 6.07 Å². The lowest BCUT2D eigenvalue weighted by atomic mass is 10.3. The van der Waals surface area contributed by atoms with Crippen molar-refractivity contribution in [2.75, 3.05) is 6.54 Å². The number of nitrogens with one attached hydrogen (secondary N) is 1. The average molecular weight is 345 g/mol. The lowest BCUT2D eigenvalue weighted by molar-refractivity contribution is 0.0958. The first-order valence-electron chi connectivity index (χ1n) is 7.09. The largest absolute Gasteiger partial charge is 0.485 e. The van der Waals surface area contributed by atoms with Crippen LogP contribution in [0.25, 0.3) is 0 Å². The zero-order chi connectivity index (χ0) is 15.9. The van der Waals surface area contributed by atoms with Crippen molar-refractivity contribution < 1.29 is 9.53 Å². The maximum atomic E-state index is 11.8. The Balaban J connectivity index is 1.43. The first-order valence-corrected chi connectivity index (χ1v) is 8.85. The van der Waals surface area contributed by atoms with E-state index in [-0.39, 0.29) is 5.91 Å². The van der Waals surface area contributed by atoms with E-state index >= 15 is 0 Å². The molecule has 0 aliphatic heterocycles. The van der Waals surface area contributed by atoms with Gasteiger partial charge in [-0.3, -0.25) is 9.78 Å². The van der Waals surface area contributed by atoms with Crippen molar-refractivity contribution in [1.82, 2.24) is 15.3 Å². The summed E-state index contributed by atoms with van der Waals surface area (Å²) in [6.45, 7) is 1.00. The fourth-order valence-electron chi connectivity index (χ4n) is 1.91. The van der Waals surface area contributed by atoms with E-state index in [2.05, 4.69) is 15.3 Å². The summed E-state index contributed by atoms with van der Waals surface area (Å²) in [5, 5.41) is 7.70. The van der Waals surface area contributed by atoms with Crippen LogP contribution in [-0.2, 0) is 13.0 Å². The standard InChI is InChI=1S/C16H15N3O2S2/c20-16(14-4-2-8-22-14)18-7-5-12-11-23-15(19-12)10-21-13-3-1-6-17-9-13/h1-4,6,8-9,11H,5,7,10H2,(H,18,20). The van der Waals surface area contributed by atoms with Crippen LogP contribution < -0.4 is 10.1 Å². The topological polar surface area (TPSA) is 64.1 Å². The first-order chi connectivity index (χ1) is 11.3. The zero-order valence-electron chi connectivity index (χ0n) is 12.3. The molecule has 3 heterocycles. The van der Waals surface area contributed by atoms with Crippen LogP contribution in [0, 0.1) is 0 Å². The molecule has 23 heavy (non-hydrogen) atoms. The summed E-state index contributed by atoms with van der Waals surface area (Å²) in [7, 11) is 0. The van der Waals surface area contributed by atoms with Crippen molar-refractivity contribution in [3.05, 3.63) is 63.0 Å². The Labute approximate surface area is 142 Å². The smallest absolute Gasteiger partial charge is 0.261 e. The minimum absolute atomic E-state index is 0.0321. The Bertz CT molecular complexity index is 742. The molecule has 0 radical (unpaired) electrons. The fraction of sp³-hybridized carbons (Fsp3) is 0.188. The Hall–Kier alpha value is -2.25. The Morgan fingerprint density at radius 1 is 1.26 bits per heavy atom. The molecule has 3 aromatic rings. The highest BCUT2D eigenvalue weighted by atomic mass is 32.1. The Morgan fingerprint density at radius 3 is 3.00 bits per heavy atom. The van der Waals surface area contributed by atoms with Crippen molar-refractivity contribution in [3.63, 3.8) is 0 Å². The molecule has 0 aliphatic carbocycles. The summed E-state index contributed by atoms with van der Waals surface area (Å²) >= 11 is 3.00. The van der Waals surface area contributed by atoms with Crippen LogP contribution in [0.15, 0.2) is 47.4 Å². The number of nitrogens with zero attached hydrogens (tertiary/aromatic N) is 2. The van der Waals surface area contributed by atoms with E-state index in [0.29, 0.717) is 19.6 Å². The lowest BCUT2D eigenvalue weighted by Gasteiger charge is -2.02. The lowest BCUT2D eigenvalue weighted by Crippen LogP contribution is -2.24. The SMILES string of the molecule is O=C(NCCc1csc(COc2cccnc2)n1)c1cccs1. The van der Waals surface area contributed by atoms with Gasteiger partial charge in [-0.15, -0.1) is 22.7 Å². The Morgan fingerprint density at radius 2 is 2.22 bits per heavy atom. The van der Waals surface area contributed by atoms with Gasteiger partial charge in [0.2, 0.25) is 0 Å². The molecule has 7 heteroatoms. The second-order valence-corrected chi connectivity index (χ2v) is 6.58. The van der Waals surface area contributed by atoms with Crippen LogP contribution in [0.4, 0.5) is 0 Å². The molecule has 1 N–H and O–H groups in total. The van der Waals surface area contributed by atoms with Gasteiger partial charge in [-0.25, -0.2) is 4.98 Å². The van der Waals surface area contributed by atoms with E-state index < -0.39 is 0 Å². The predicted octanol–water partition coefficient (Wildman–Crippen LogP) is 3.15. The van der Waals surface area contributed by atoms with Crippen LogP contribution in [0.1, 0.15) is 20.4 Å².